The first-order valence-electron chi connectivity index (χ1n) is 11.4. The van der Waals surface area contributed by atoms with Gasteiger partial charge in [0, 0.05) is 44.3 Å². The largest absolute Gasteiger partial charge is 0.496 e. The van der Waals surface area contributed by atoms with Crippen molar-refractivity contribution >= 4 is 23.6 Å². The molecule has 3 aromatic rings. The molecule has 7 nitrogen and oxygen atoms in total. The summed E-state index contributed by atoms with van der Waals surface area (Å²) < 4.78 is 7.37. The minimum absolute atomic E-state index is 0.0587. The van der Waals surface area contributed by atoms with Gasteiger partial charge in [0.15, 0.2) is 5.16 Å². The Morgan fingerprint density at radius 2 is 1.71 bits per heavy atom. The Bertz CT molecular complexity index is 1160. The first kappa shape index (κ1) is 23.9. The van der Waals surface area contributed by atoms with Crippen LogP contribution in [0.1, 0.15) is 27.9 Å². The van der Waals surface area contributed by atoms with E-state index in [0.717, 1.165) is 17.3 Å². The van der Waals surface area contributed by atoms with Crippen molar-refractivity contribution in [3.05, 3.63) is 71.5 Å². The minimum Gasteiger partial charge on any atom is -0.496 e. The van der Waals surface area contributed by atoms with Crippen LogP contribution < -0.4 is 4.74 Å². The van der Waals surface area contributed by atoms with Crippen molar-refractivity contribution in [1.82, 2.24) is 19.4 Å². The standard InChI is InChI=1S/C26H30N4O3S/c1-19-15-20(2)17-21(16-19)30-12-9-27-26(30)34-18-24(31)28-10-6-11-29(14-13-28)25(32)22-7-4-5-8-23(22)33-3/h4-5,7-9,12,15-17H,6,10-11,13-14,18H2,1-3H3. The molecule has 8 heteroatoms. The Balaban J connectivity index is 1.36. The molecule has 0 saturated carbocycles. The summed E-state index contributed by atoms with van der Waals surface area (Å²) in [5, 5.41) is 0.793. The van der Waals surface area contributed by atoms with Crippen LogP contribution in [0.2, 0.25) is 0 Å². The van der Waals surface area contributed by atoms with Gasteiger partial charge in [-0.15, -0.1) is 0 Å². The molecule has 178 valence electrons. The van der Waals surface area contributed by atoms with Crippen LogP contribution in [0.5, 0.6) is 5.75 Å². The van der Waals surface area contributed by atoms with Crippen molar-refractivity contribution in [2.75, 3.05) is 39.0 Å². The number of hydrogen-bond donors (Lipinski definition) is 0. The lowest BCUT2D eigenvalue weighted by atomic mass is 10.1. The van der Waals surface area contributed by atoms with Crippen LogP contribution in [-0.4, -0.2) is 70.2 Å². The number of methoxy groups -OCH3 is 1. The van der Waals surface area contributed by atoms with E-state index in [9.17, 15) is 9.59 Å². The van der Waals surface area contributed by atoms with Gasteiger partial charge in [-0.05, 0) is 55.7 Å². The molecule has 2 heterocycles. The van der Waals surface area contributed by atoms with Gasteiger partial charge in [0.2, 0.25) is 5.91 Å². The molecular weight excluding hydrogens is 448 g/mol. The number of carbonyl (C=O) groups is 2. The van der Waals surface area contributed by atoms with Crippen LogP contribution >= 0.6 is 11.8 Å². The number of thioether (sulfide) groups is 1. The second-order valence-electron chi connectivity index (χ2n) is 8.44. The Labute approximate surface area is 204 Å². The summed E-state index contributed by atoms with van der Waals surface area (Å²) in [5.74, 6) is 0.881. The highest BCUT2D eigenvalue weighted by molar-refractivity contribution is 7.99. The molecular formula is C26H30N4O3S. The van der Waals surface area contributed by atoms with Crippen molar-refractivity contribution in [2.45, 2.75) is 25.4 Å². The van der Waals surface area contributed by atoms with Gasteiger partial charge in [0.05, 0.1) is 18.4 Å². The Morgan fingerprint density at radius 1 is 1.00 bits per heavy atom. The summed E-state index contributed by atoms with van der Waals surface area (Å²) in [7, 11) is 1.57. The number of benzene rings is 2. The highest BCUT2D eigenvalue weighted by Crippen LogP contribution is 2.23. The monoisotopic (exact) mass is 478 g/mol. The first-order chi connectivity index (χ1) is 16.5. The van der Waals surface area contributed by atoms with Crippen molar-refractivity contribution < 1.29 is 14.3 Å². The van der Waals surface area contributed by atoms with E-state index < -0.39 is 0 Å². The number of imidazole rings is 1. The van der Waals surface area contributed by atoms with Crippen molar-refractivity contribution in [1.29, 1.82) is 0 Å². The van der Waals surface area contributed by atoms with Crippen LogP contribution in [0.4, 0.5) is 0 Å². The highest BCUT2D eigenvalue weighted by atomic mass is 32.2. The molecule has 0 radical (unpaired) electrons. The molecule has 1 saturated heterocycles. The fourth-order valence-electron chi connectivity index (χ4n) is 4.26. The normalized spacial score (nSPS) is 14.1. The maximum absolute atomic E-state index is 13.0. The predicted octanol–water partition coefficient (Wildman–Crippen LogP) is 3.96. The molecule has 34 heavy (non-hydrogen) atoms. The Kier molecular flexibility index (Phi) is 7.57. The van der Waals surface area contributed by atoms with E-state index in [2.05, 4.69) is 37.0 Å². The Morgan fingerprint density at radius 3 is 2.47 bits per heavy atom. The fourth-order valence-corrected chi connectivity index (χ4v) is 5.14. The summed E-state index contributed by atoms with van der Waals surface area (Å²) in [6.07, 6.45) is 4.43. The zero-order chi connectivity index (χ0) is 24.1. The zero-order valence-corrected chi connectivity index (χ0v) is 20.7. The lowest BCUT2D eigenvalue weighted by Crippen LogP contribution is -2.38. The van der Waals surface area contributed by atoms with Crippen LogP contribution in [0.15, 0.2) is 60.0 Å². The van der Waals surface area contributed by atoms with Crippen LogP contribution in [0.25, 0.3) is 5.69 Å². The number of amides is 2. The summed E-state index contributed by atoms with van der Waals surface area (Å²) in [6, 6.07) is 13.6. The third-order valence-corrected chi connectivity index (χ3v) is 6.84. The van der Waals surface area contributed by atoms with Gasteiger partial charge in [-0.25, -0.2) is 4.98 Å². The van der Waals surface area contributed by atoms with Crippen LogP contribution in [-0.2, 0) is 4.79 Å². The maximum atomic E-state index is 13.0. The van der Waals surface area contributed by atoms with Gasteiger partial charge < -0.3 is 14.5 Å². The average molecular weight is 479 g/mol. The molecule has 0 aliphatic carbocycles. The smallest absolute Gasteiger partial charge is 0.257 e. The quantitative estimate of drug-likeness (QED) is 0.502. The fraction of sp³-hybridized carbons (Fsp3) is 0.346. The molecule has 1 fully saturated rings. The molecule has 0 bridgehead atoms. The van der Waals surface area contributed by atoms with Gasteiger partial charge >= 0.3 is 0 Å². The second kappa shape index (κ2) is 10.8. The Hall–Kier alpha value is -3.26. The van der Waals surface area contributed by atoms with E-state index in [0.29, 0.717) is 43.2 Å². The summed E-state index contributed by atoms with van der Waals surface area (Å²) >= 11 is 1.44. The van der Waals surface area contributed by atoms with E-state index in [-0.39, 0.29) is 11.8 Å². The lowest BCUT2D eigenvalue weighted by molar-refractivity contribution is -0.128. The maximum Gasteiger partial charge on any atom is 0.257 e. The third kappa shape index (κ3) is 5.44. The molecule has 0 atom stereocenters. The molecule has 1 aromatic heterocycles. The number of aromatic nitrogens is 2. The molecule has 0 unspecified atom stereocenters. The minimum atomic E-state index is -0.0587. The number of rotatable bonds is 6. The summed E-state index contributed by atoms with van der Waals surface area (Å²) in [4.78, 5) is 34.2. The van der Waals surface area contributed by atoms with E-state index in [4.69, 9.17) is 4.74 Å². The van der Waals surface area contributed by atoms with E-state index in [1.165, 1.54) is 22.9 Å². The third-order valence-electron chi connectivity index (χ3n) is 5.89. The van der Waals surface area contributed by atoms with Gasteiger partial charge in [0.1, 0.15) is 5.75 Å². The molecule has 1 aliphatic rings. The second-order valence-corrected chi connectivity index (χ2v) is 9.38. The lowest BCUT2D eigenvalue weighted by Gasteiger charge is -2.23. The van der Waals surface area contributed by atoms with Gasteiger partial charge in [-0.3, -0.25) is 14.2 Å². The van der Waals surface area contributed by atoms with Gasteiger partial charge in [0.25, 0.3) is 5.91 Å². The molecule has 2 aromatic carbocycles. The molecule has 1 aliphatic heterocycles. The van der Waals surface area contributed by atoms with E-state index in [1.54, 1.807) is 25.4 Å². The molecule has 0 N–H and O–H groups in total. The van der Waals surface area contributed by atoms with E-state index >= 15 is 0 Å². The predicted molar refractivity (Wildman–Crippen MR) is 134 cm³/mol. The SMILES string of the molecule is COc1ccccc1C(=O)N1CCCN(C(=O)CSc2nccn2-c2cc(C)cc(C)c2)CC1. The zero-order valence-electron chi connectivity index (χ0n) is 19.9. The highest BCUT2D eigenvalue weighted by Gasteiger charge is 2.24. The average Bonchev–Trinajstić information content (AvgIpc) is 3.17. The molecule has 4 rings (SSSR count). The number of nitrogens with zero attached hydrogens (tertiary/aromatic N) is 4. The van der Waals surface area contributed by atoms with Crippen molar-refractivity contribution in [3.63, 3.8) is 0 Å². The number of aryl methyl sites for hydroxylation is 2. The first-order valence-corrected chi connectivity index (χ1v) is 12.4. The van der Waals surface area contributed by atoms with Crippen molar-refractivity contribution in [2.24, 2.45) is 0 Å². The van der Waals surface area contributed by atoms with Gasteiger partial charge in [-0.2, -0.15) is 0 Å². The number of para-hydroxylation sites is 1. The van der Waals surface area contributed by atoms with Crippen molar-refractivity contribution in [3.8, 4) is 11.4 Å². The summed E-state index contributed by atoms with van der Waals surface area (Å²) in [5.41, 5.74) is 3.98. The molecule has 0 spiro atoms. The molecule has 2 amide bonds. The number of carbonyl (C=O) groups excluding carboxylic acids is 2. The van der Waals surface area contributed by atoms with Crippen LogP contribution in [0.3, 0.4) is 0 Å². The van der Waals surface area contributed by atoms with Gasteiger partial charge in [-0.1, -0.05) is 30.0 Å². The van der Waals surface area contributed by atoms with E-state index in [1.807, 2.05) is 32.7 Å². The van der Waals surface area contributed by atoms with Crippen LogP contribution in [0, 0.1) is 13.8 Å². The number of hydrogen-bond acceptors (Lipinski definition) is 5. The summed E-state index contributed by atoms with van der Waals surface area (Å²) in [6.45, 7) is 6.43. The number of ether oxygens (including phenoxy) is 1. The topological polar surface area (TPSA) is 67.7 Å².